The number of allylic oxidation sites excluding steroid dienone is 2. The van der Waals surface area contributed by atoms with Gasteiger partial charge < -0.3 is 9.84 Å². The number of aromatic hydroxyl groups is 1. The molecule has 0 amide bonds. The molecule has 0 aromatic heterocycles. The number of ether oxygens (including phenoxy) is 1. The molecule has 1 radical (unpaired) electrons. The predicted octanol–water partition coefficient (Wildman–Crippen LogP) is 4.32. The minimum atomic E-state index is -0.332. The average molecular weight is 365 g/mol. The molecule has 3 nitrogen and oxygen atoms in total. The second-order valence-electron chi connectivity index (χ2n) is 5.44. The van der Waals surface area contributed by atoms with Crippen molar-refractivity contribution in [3.8, 4) is 5.75 Å². The predicted molar refractivity (Wildman–Crippen MR) is 80.8 cm³/mol. The van der Waals surface area contributed by atoms with Gasteiger partial charge in [-0.3, -0.25) is 0 Å². The van der Waals surface area contributed by atoms with Gasteiger partial charge in [-0.2, -0.15) is 0 Å². The second-order valence-corrected chi connectivity index (χ2v) is 5.44. The van der Waals surface area contributed by atoms with E-state index < -0.39 is 0 Å². The molecule has 1 unspecified atom stereocenters. The molecule has 0 saturated heterocycles. The first-order valence-electron chi connectivity index (χ1n) is 7.08. The first-order valence-corrected chi connectivity index (χ1v) is 7.08. The molecule has 1 aromatic carbocycles. The Bertz CT molecular complexity index is 448. The Kier molecular flexibility index (Phi) is 10.6. The van der Waals surface area contributed by atoms with E-state index in [2.05, 4.69) is 26.8 Å². The molecule has 1 atom stereocenters. The Balaban J connectivity index is 0.00000400. The molecule has 4 heteroatoms. The Hall–Kier alpha value is -0.666. The number of phenols is 1. The maximum absolute atomic E-state index is 11.7. The number of hydrogen-bond donors (Lipinski definition) is 1. The summed E-state index contributed by atoms with van der Waals surface area (Å²) in [6.45, 7) is 6.82. The summed E-state index contributed by atoms with van der Waals surface area (Å²) < 4.78 is 5.23. The normalized spacial score (nSPS) is 11.2. The number of esters is 1. The average Bonchev–Trinajstić information content (AvgIpc) is 2.39. The van der Waals surface area contributed by atoms with Gasteiger partial charge >= 0.3 is 5.97 Å². The second kappa shape index (κ2) is 11.0. The molecule has 1 N–H and O–H groups in total. The van der Waals surface area contributed by atoms with Crippen LogP contribution in [0.25, 0.3) is 0 Å². The summed E-state index contributed by atoms with van der Waals surface area (Å²) in [6, 6.07) is 6.10. The van der Waals surface area contributed by atoms with Gasteiger partial charge in [0.2, 0.25) is 0 Å². The van der Waals surface area contributed by atoms with Gasteiger partial charge in [0.15, 0.2) is 0 Å². The minimum Gasteiger partial charge on any atom is -0.508 e. The van der Waals surface area contributed by atoms with E-state index in [1.165, 1.54) is 17.7 Å². The van der Waals surface area contributed by atoms with Gasteiger partial charge in [-0.15, -0.1) is 0 Å². The van der Waals surface area contributed by atoms with Gasteiger partial charge in [0.25, 0.3) is 0 Å². The quantitative estimate of drug-likeness (QED) is 0.578. The van der Waals surface area contributed by atoms with E-state index in [0.29, 0.717) is 18.1 Å². The summed E-state index contributed by atoms with van der Waals surface area (Å²) in [6.07, 6.45) is 5.30. The van der Waals surface area contributed by atoms with Crippen LogP contribution in [0.1, 0.15) is 50.4 Å². The fourth-order valence-electron chi connectivity index (χ4n) is 1.83. The third-order valence-electron chi connectivity index (χ3n) is 3.16. The Morgan fingerprint density at radius 2 is 1.86 bits per heavy atom. The molecular formula is C17H24O3Y. The first-order chi connectivity index (χ1) is 9.49. The summed E-state index contributed by atoms with van der Waals surface area (Å²) in [7, 11) is 0. The maximum atomic E-state index is 11.7. The van der Waals surface area contributed by atoms with Crippen LogP contribution in [0.3, 0.4) is 0 Å². The zero-order valence-corrected chi connectivity index (χ0v) is 16.0. The van der Waals surface area contributed by atoms with Crippen LogP contribution < -0.4 is 0 Å². The van der Waals surface area contributed by atoms with Gasteiger partial charge in [-0.05, 0) is 63.3 Å². The van der Waals surface area contributed by atoms with E-state index in [0.717, 1.165) is 19.3 Å². The number of rotatable bonds is 7. The van der Waals surface area contributed by atoms with Crippen molar-refractivity contribution in [3.05, 3.63) is 41.5 Å². The van der Waals surface area contributed by atoms with Crippen molar-refractivity contribution < 1.29 is 47.3 Å². The molecule has 0 aliphatic rings. The largest absolute Gasteiger partial charge is 0.508 e. The van der Waals surface area contributed by atoms with Gasteiger partial charge in [0.05, 0.1) is 12.2 Å². The molecule has 0 fully saturated rings. The third-order valence-corrected chi connectivity index (χ3v) is 3.16. The van der Waals surface area contributed by atoms with E-state index in [4.69, 9.17) is 9.84 Å². The van der Waals surface area contributed by atoms with Crippen LogP contribution in [-0.4, -0.2) is 17.7 Å². The molecule has 113 valence electrons. The molecule has 0 bridgehead atoms. The summed E-state index contributed by atoms with van der Waals surface area (Å²) in [5.74, 6) is 0.356. The van der Waals surface area contributed by atoms with Gasteiger partial charge in [0.1, 0.15) is 5.75 Å². The minimum absolute atomic E-state index is 0. The number of phenolic OH excluding ortho intramolecular Hbond substituents is 1. The summed E-state index contributed by atoms with van der Waals surface area (Å²) >= 11 is 0. The van der Waals surface area contributed by atoms with E-state index in [-0.39, 0.29) is 44.4 Å². The molecule has 0 heterocycles. The molecule has 1 rings (SSSR count). The zero-order valence-electron chi connectivity index (χ0n) is 13.1. The molecule has 0 aliphatic carbocycles. The molecular weight excluding hydrogens is 341 g/mol. The number of carbonyl (C=O) groups excluding carboxylic acids is 1. The van der Waals surface area contributed by atoms with Crippen molar-refractivity contribution in [1.82, 2.24) is 0 Å². The van der Waals surface area contributed by atoms with Crippen molar-refractivity contribution in [2.24, 2.45) is 5.92 Å². The van der Waals surface area contributed by atoms with Crippen LogP contribution in [0.15, 0.2) is 35.9 Å². The van der Waals surface area contributed by atoms with E-state index in [9.17, 15) is 4.79 Å². The SMILES string of the molecule is CC(C)=CCCC(C)CCOC(=O)c1ccc(O)cc1.[Y]. The number of carbonyl (C=O) groups is 1. The summed E-state index contributed by atoms with van der Waals surface area (Å²) in [5.41, 5.74) is 1.82. The van der Waals surface area contributed by atoms with Crippen LogP contribution in [0.5, 0.6) is 5.75 Å². The zero-order chi connectivity index (χ0) is 15.0. The topological polar surface area (TPSA) is 46.5 Å². The van der Waals surface area contributed by atoms with Crippen LogP contribution >= 0.6 is 0 Å². The van der Waals surface area contributed by atoms with Crippen molar-refractivity contribution >= 4 is 5.97 Å². The van der Waals surface area contributed by atoms with Crippen molar-refractivity contribution in [2.45, 2.75) is 40.0 Å². The molecule has 0 saturated carbocycles. The molecule has 0 aliphatic heterocycles. The van der Waals surface area contributed by atoms with Crippen LogP contribution in [0.2, 0.25) is 0 Å². The van der Waals surface area contributed by atoms with E-state index in [1.54, 1.807) is 12.1 Å². The Labute approximate surface area is 152 Å². The van der Waals surface area contributed by atoms with Gasteiger partial charge in [-0.1, -0.05) is 18.6 Å². The molecule has 0 spiro atoms. The smallest absolute Gasteiger partial charge is 0.338 e. The van der Waals surface area contributed by atoms with Crippen molar-refractivity contribution in [3.63, 3.8) is 0 Å². The van der Waals surface area contributed by atoms with Gasteiger partial charge in [-0.25, -0.2) is 4.79 Å². The third kappa shape index (κ3) is 9.05. The number of hydrogen-bond acceptors (Lipinski definition) is 3. The van der Waals surface area contributed by atoms with E-state index in [1.807, 2.05) is 0 Å². The van der Waals surface area contributed by atoms with E-state index >= 15 is 0 Å². The molecule has 1 aromatic rings. The fraction of sp³-hybridized carbons (Fsp3) is 0.471. The maximum Gasteiger partial charge on any atom is 0.338 e. The molecule has 21 heavy (non-hydrogen) atoms. The van der Waals surface area contributed by atoms with Crippen LogP contribution in [-0.2, 0) is 37.4 Å². The van der Waals surface area contributed by atoms with Crippen LogP contribution in [0, 0.1) is 5.92 Å². The van der Waals surface area contributed by atoms with Crippen molar-refractivity contribution in [2.75, 3.05) is 6.61 Å². The van der Waals surface area contributed by atoms with Gasteiger partial charge in [0, 0.05) is 32.7 Å². The summed E-state index contributed by atoms with van der Waals surface area (Å²) in [4.78, 5) is 11.7. The van der Waals surface area contributed by atoms with Crippen molar-refractivity contribution in [1.29, 1.82) is 0 Å². The number of benzene rings is 1. The first kappa shape index (κ1) is 20.3. The Morgan fingerprint density at radius 3 is 2.43 bits per heavy atom. The monoisotopic (exact) mass is 365 g/mol. The fourth-order valence-corrected chi connectivity index (χ4v) is 1.83. The Morgan fingerprint density at radius 1 is 1.24 bits per heavy atom. The standard InChI is InChI=1S/C17H24O3.Y/c1-13(2)5-4-6-14(3)11-12-20-17(19)15-7-9-16(18)10-8-15;/h5,7-10,14,18H,4,6,11-12H2,1-3H3;. The van der Waals surface area contributed by atoms with Crippen LogP contribution in [0.4, 0.5) is 0 Å². The summed E-state index contributed by atoms with van der Waals surface area (Å²) in [5, 5.41) is 9.15.